The standard InChI is InChI=1S/C14H18ClNO2/c1-3-16-8-9-4-5-10-12(18-2)7-6-11(15)13(10)14(9)17/h6-7,9,16H,3-5,8H2,1-2H3. The first-order valence-corrected chi connectivity index (χ1v) is 6.67. The highest BCUT2D eigenvalue weighted by molar-refractivity contribution is 6.34. The summed E-state index contributed by atoms with van der Waals surface area (Å²) in [5, 5.41) is 3.77. The zero-order valence-electron chi connectivity index (χ0n) is 10.8. The molecule has 98 valence electrons. The maximum absolute atomic E-state index is 12.4. The Bertz CT molecular complexity index is 459. The minimum Gasteiger partial charge on any atom is -0.496 e. The van der Waals surface area contributed by atoms with Crippen molar-refractivity contribution in [2.75, 3.05) is 20.2 Å². The van der Waals surface area contributed by atoms with Gasteiger partial charge in [0.05, 0.1) is 12.1 Å². The van der Waals surface area contributed by atoms with Gasteiger partial charge >= 0.3 is 0 Å². The molecule has 3 nitrogen and oxygen atoms in total. The van der Waals surface area contributed by atoms with E-state index in [4.69, 9.17) is 16.3 Å². The molecule has 18 heavy (non-hydrogen) atoms. The Hall–Kier alpha value is -1.06. The van der Waals surface area contributed by atoms with E-state index in [1.165, 1.54) is 0 Å². The van der Waals surface area contributed by atoms with E-state index in [0.29, 0.717) is 10.6 Å². The van der Waals surface area contributed by atoms with E-state index >= 15 is 0 Å². The average Bonchev–Trinajstić information content (AvgIpc) is 2.38. The molecule has 0 saturated carbocycles. The van der Waals surface area contributed by atoms with E-state index in [-0.39, 0.29) is 11.7 Å². The first-order valence-electron chi connectivity index (χ1n) is 6.29. The van der Waals surface area contributed by atoms with Crippen LogP contribution in [0.15, 0.2) is 12.1 Å². The van der Waals surface area contributed by atoms with Gasteiger partial charge in [0.25, 0.3) is 0 Å². The van der Waals surface area contributed by atoms with Crippen LogP contribution in [0, 0.1) is 5.92 Å². The summed E-state index contributed by atoms with van der Waals surface area (Å²) in [7, 11) is 1.62. The molecule has 2 rings (SSSR count). The van der Waals surface area contributed by atoms with Crippen molar-refractivity contribution >= 4 is 17.4 Å². The first-order chi connectivity index (χ1) is 8.69. The van der Waals surface area contributed by atoms with Crippen molar-refractivity contribution in [3.63, 3.8) is 0 Å². The van der Waals surface area contributed by atoms with Gasteiger partial charge in [-0.2, -0.15) is 0 Å². The molecule has 0 saturated heterocycles. The summed E-state index contributed by atoms with van der Waals surface area (Å²) >= 11 is 6.17. The molecular weight excluding hydrogens is 250 g/mol. The molecule has 1 aliphatic carbocycles. The van der Waals surface area contributed by atoms with Gasteiger partial charge in [-0.25, -0.2) is 0 Å². The molecule has 0 aliphatic heterocycles. The number of carbonyl (C=O) groups excluding carboxylic acids is 1. The van der Waals surface area contributed by atoms with Crippen molar-refractivity contribution in [2.45, 2.75) is 19.8 Å². The molecule has 0 spiro atoms. The van der Waals surface area contributed by atoms with Crippen LogP contribution in [0.2, 0.25) is 5.02 Å². The van der Waals surface area contributed by atoms with Crippen LogP contribution in [0.5, 0.6) is 5.75 Å². The van der Waals surface area contributed by atoms with Crippen molar-refractivity contribution in [3.8, 4) is 5.75 Å². The number of halogens is 1. The van der Waals surface area contributed by atoms with E-state index in [1.54, 1.807) is 13.2 Å². The Balaban J connectivity index is 2.34. The number of benzene rings is 1. The summed E-state index contributed by atoms with van der Waals surface area (Å²) in [6, 6.07) is 3.58. The van der Waals surface area contributed by atoms with Gasteiger partial charge in [-0.1, -0.05) is 18.5 Å². The Morgan fingerprint density at radius 1 is 1.50 bits per heavy atom. The van der Waals surface area contributed by atoms with Crippen molar-refractivity contribution < 1.29 is 9.53 Å². The average molecular weight is 268 g/mol. The lowest BCUT2D eigenvalue weighted by Gasteiger charge is -2.25. The van der Waals surface area contributed by atoms with Gasteiger partial charge in [0, 0.05) is 23.6 Å². The van der Waals surface area contributed by atoms with Gasteiger partial charge in [0.2, 0.25) is 0 Å². The van der Waals surface area contributed by atoms with Crippen LogP contribution >= 0.6 is 11.6 Å². The number of ether oxygens (including phenoxy) is 1. The number of fused-ring (bicyclic) bond motifs is 1. The number of rotatable bonds is 4. The smallest absolute Gasteiger partial charge is 0.169 e. The van der Waals surface area contributed by atoms with Crippen molar-refractivity contribution in [1.29, 1.82) is 0 Å². The van der Waals surface area contributed by atoms with Crippen molar-refractivity contribution in [2.24, 2.45) is 5.92 Å². The third kappa shape index (κ3) is 2.38. The zero-order valence-corrected chi connectivity index (χ0v) is 11.5. The fourth-order valence-electron chi connectivity index (χ4n) is 2.47. The molecule has 1 aliphatic rings. The third-order valence-corrected chi connectivity index (χ3v) is 3.75. The lowest BCUT2D eigenvalue weighted by molar-refractivity contribution is 0.0900. The molecule has 0 bridgehead atoms. The SMILES string of the molecule is CCNCC1CCc2c(OC)ccc(Cl)c2C1=O. The van der Waals surface area contributed by atoms with E-state index < -0.39 is 0 Å². The second-order valence-electron chi connectivity index (χ2n) is 4.51. The number of carbonyl (C=O) groups is 1. The number of nitrogens with one attached hydrogen (secondary N) is 1. The minimum atomic E-state index is 0.0297. The molecule has 1 atom stereocenters. The number of methoxy groups -OCH3 is 1. The summed E-state index contributed by atoms with van der Waals surface area (Å²) in [6.07, 6.45) is 1.70. The van der Waals surface area contributed by atoms with E-state index in [0.717, 1.165) is 37.2 Å². The van der Waals surface area contributed by atoms with Gasteiger partial charge in [0.1, 0.15) is 5.75 Å². The molecule has 1 N–H and O–H groups in total. The summed E-state index contributed by atoms with van der Waals surface area (Å²) in [5.41, 5.74) is 1.62. The molecule has 0 heterocycles. The third-order valence-electron chi connectivity index (χ3n) is 3.44. The lowest BCUT2D eigenvalue weighted by atomic mass is 9.82. The van der Waals surface area contributed by atoms with Crippen LogP contribution < -0.4 is 10.1 Å². The Morgan fingerprint density at radius 2 is 2.28 bits per heavy atom. The van der Waals surface area contributed by atoms with Crippen LogP contribution in [-0.2, 0) is 6.42 Å². The first kappa shape index (κ1) is 13.4. The topological polar surface area (TPSA) is 38.3 Å². The molecule has 1 unspecified atom stereocenters. The highest BCUT2D eigenvalue weighted by atomic mass is 35.5. The number of hydrogen-bond donors (Lipinski definition) is 1. The van der Waals surface area contributed by atoms with Gasteiger partial charge < -0.3 is 10.1 Å². The van der Waals surface area contributed by atoms with Gasteiger partial charge in [0.15, 0.2) is 5.78 Å². The lowest BCUT2D eigenvalue weighted by Crippen LogP contribution is -2.32. The summed E-state index contributed by atoms with van der Waals surface area (Å²) in [4.78, 5) is 12.4. The molecule has 1 aromatic rings. The second kappa shape index (κ2) is 5.72. The molecule has 4 heteroatoms. The Morgan fingerprint density at radius 3 is 2.94 bits per heavy atom. The predicted octanol–water partition coefficient (Wildman–Crippen LogP) is 2.70. The summed E-state index contributed by atoms with van der Waals surface area (Å²) < 4.78 is 5.31. The highest BCUT2D eigenvalue weighted by Gasteiger charge is 2.30. The van der Waals surface area contributed by atoms with Gasteiger partial charge in [-0.05, 0) is 31.5 Å². The largest absolute Gasteiger partial charge is 0.496 e. The minimum absolute atomic E-state index is 0.0297. The fourth-order valence-corrected chi connectivity index (χ4v) is 2.74. The molecule has 1 aromatic carbocycles. The Labute approximate surface area is 112 Å². The van der Waals surface area contributed by atoms with Crippen molar-refractivity contribution in [1.82, 2.24) is 5.32 Å². The van der Waals surface area contributed by atoms with E-state index in [2.05, 4.69) is 5.32 Å². The predicted molar refractivity (Wildman–Crippen MR) is 72.7 cm³/mol. The maximum atomic E-state index is 12.4. The normalized spacial score (nSPS) is 18.6. The van der Waals surface area contributed by atoms with Crippen LogP contribution in [0.1, 0.15) is 29.3 Å². The van der Waals surface area contributed by atoms with Gasteiger partial charge in [-0.3, -0.25) is 4.79 Å². The molecular formula is C14H18ClNO2. The maximum Gasteiger partial charge on any atom is 0.169 e. The molecule has 0 amide bonds. The van der Waals surface area contributed by atoms with E-state index in [9.17, 15) is 4.79 Å². The van der Waals surface area contributed by atoms with Crippen LogP contribution in [0.4, 0.5) is 0 Å². The number of hydrogen-bond acceptors (Lipinski definition) is 3. The number of Topliss-reactive ketones (excluding diaryl/α,β-unsaturated/α-hetero) is 1. The van der Waals surface area contributed by atoms with Crippen LogP contribution in [0.3, 0.4) is 0 Å². The zero-order chi connectivity index (χ0) is 13.1. The molecule has 0 radical (unpaired) electrons. The molecule has 0 fully saturated rings. The van der Waals surface area contributed by atoms with Crippen molar-refractivity contribution in [3.05, 3.63) is 28.3 Å². The van der Waals surface area contributed by atoms with Crippen LogP contribution in [-0.4, -0.2) is 26.0 Å². The Kier molecular flexibility index (Phi) is 4.25. The fraction of sp³-hybridized carbons (Fsp3) is 0.500. The van der Waals surface area contributed by atoms with E-state index in [1.807, 2.05) is 13.0 Å². The highest BCUT2D eigenvalue weighted by Crippen LogP contribution is 2.36. The second-order valence-corrected chi connectivity index (χ2v) is 4.92. The quantitative estimate of drug-likeness (QED) is 0.912. The monoisotopic (exact) mass is 267 g/mol. The molecule has 0 aromatic heterocycles. The van der Waals surface area contributed by atoms with Crippen LogP contribution in [0.25, 0.3) is 0 Å². The summed E-state index contributed by atoms with van der Waals surface area (Å²) in [5.74, 6) is 0.938. The van der Waals surface area contributed by atoms with Gasteiger partial charge in [-0.15, -0.1) is 0 Å². The summed E-state index contributed by atoms with van der Waals surface area (Å²) in [6.45, 7) is 3.64. The number of ketones is 1.